The number of hydrogen-bond acceptors (Lipinski definition) is 5. The van der Waals surface area contributed by atoms with Gasteiger partial charge in [-0.2, -0.15) is 4.98 Å². The summed E-state index contributed by atoms with van der Waals surface area (Å²) >= 11 is 0. The zero-order valence-corrected chi connectivity index (χ0v) is 14.0. The van der Waals surface area contributed by atoms with Crippen molar-refractivity contribution < 1.29 is 4.74 Å². The van der Waals surface area contributed by atoms with Gasteiger partial charge in [-0.1, -0.05) is 0 Å². The molecule has 1 saturated heterocycles. The van der Waals surface area contributed by atoms with Crippen molar-refractivity contribution in [2.75, 3.05) is 37.7 Å². The molecule has 0 radical (unpaired) electrons. The highest BCUT2D eigenvalue weighted by Gasteiger charge is 2.18. The Hall–Kier alpha value is -2.08. The van der Waals surface area contributed by atoms with Crippen LogP contribution in [0.15, 0.2) is 30.6 Å². The third kappa shape index (κ3) is 4.01. The average molecular weight is 315 g/mol. The summed E-state index contributed by atoms with van der Waals surface area (Å²) in [4.78, 5) is 13.7. The van der Waals surface area contributed by atoms with Gasteiger partial charge in [0.2, 0.25) is 11.8 Å². The molecule has 0 unspecified atom stereocenters. The molecule has 0 atom stereocenters. The fourth-order valence-corrected chi connectivity index (χ4v) is 2.93. The molecular weight excluding hydrogens is 290 g/mol. The van der Waals surface area contributed by atoms with E-state index in [0.29, 0.717) is 12.5 Å². The van der Waals surface area contributed by atoms with Gasteiger partial charge in [-0.3, -0.25) is 4.90 Å². The molecule has 124 valence electrons. The number of nitrogens with zero attached hydrogens (tertiary/aromatic N) is 5. The summed E-state index contributed by atoms with van der Waals surface area (Å²) in [6.45, 7) is 7.65. The van der Waals surface area contributed by atoms with Crippen molar-refractivity contribution in [1.82, 2.24) is 19.4 Å². The molecule has 0 amide bonds. The molecule has 6 nitrogen and oxygen atoms in total. The predicted octanol–water partition coefficient (Wildman–Crippen LogP) is 1.93. The van der Waals surface area contributed by atoms with E-state index in [1.54, 1.807) is 6.20 Å². The number of anilines is 1. The van der Waals surface area contributed by atoms with Gasteiger partial charge >= 0.3 is 0 Å². The summed E-state index contributed by atoms with van der Waals surface area (Å²) in [6.07, 6.45) is 5.00. The normalized spacial score (nSPS) is 16.3. The molecule has 1 fully saturated rings. The van der Waals surface area contributed by atoms with Gasteiger partial charge in [0.15, 0.2) is 0 Å². The van der Waals surface area contributed by atoms with E-state index in [4.69, 9.17) is 4.74 Å². The molecule has 23 heavy (non-hydrogen) atoms. The third-order valence-electron chi connectivity index (χ3n) is 4.22. The second-order valence-electron chi connectivity index (χ2n) is 5.86. The Labute approximate surface area is 137 Å². The number of hydrogen-bond donors (Lipinski definition) is 0. The average Bonchev–Trinajstić information content (AvgIpc) is 2.82. The van der Waals surface area contributed by atoms with E-state index < -0.39 is 0 Å². The minimum absolute atomic E-state index is 0.626. The molecule has 3 heterocycles. The number of aromatic nitrogens is 3. The van der Waals surface area contributed by atoms with Crippen molar-refractivity contribution in [1.29, 1.82) is 0 Å². The second-order valence-corrected chi connectivity index (χ2v) is 5.86. The lowest BCUT2D eigenvalue weighted by Gasteiger charge is -2.22. The van der Waals surface area contributed by atoms with Crippen molar-refractivity contribution in [2.24, 2.45) is 7.05 Å². The van der Waals surface area contributed by atoms with Crippen molar-refractivity contribution in [3.8, 4) is 5.88 Å². The molecule has 0 aliphatic carbocycles. The molecule has 0 aromatic carbocycles. The zero-order chi connectivity index (χ0) is 16.1. The van der Waals surface area contributed by atoms with E-state index in [1.807, 2.05) is 13.0 Å². The number of aryl methyl sites for hydroxylation is 1. The molecule has 6 heteroatoms. The Kier molecular flexibility index (Phi) is 5.12. The fourth-order valence-electron chi connectivity index (χ4n) is 2.93. The third-order valence-corrected chi connectivity index (χ3v) is 4.22. The topological polar surface area (TPSA) is 46.4 Å². The van der Waals surface area contributed by atoms with Crippen LogP contribution in [-0.2, 0) is 13.6 Å². The molecule has 0 spiro atoms. The lowest BCUT2D eigenvalue weighted by molar-refractivity contribution is 0.279. The maximum Gasteiger partial charge on any atom is 0.228 e. The monoisotopic (exact) mass is 315 g/mol. The standard InChI is InChI=1S/C17H25N5O/c1-3-23-16-7-8-18-17(19-16)22-11-5-10-21(12-13-22)14-15-6-4-9-20(15)2/h4,6-9H,3,5,10-14H2,1-2H3. The fraction of sp³-hybridized carbons (Fsp3) is 0.529. The largest absolute Gasteiger partial charge is 0.478 e. The first-order valence-corrected chi connectivity index (χ1v) is 8.29. The van der Waals surface area contributed by atoms with Gasteiger partial charge in [-0.25, -0.2) is 4.98 Å². The molecule has 2 aromatic heterocycles. The van der Waals surface area contributed by atoms with Crippen LogP contribution in [0.3, 0.4) is 0 Å². The van der Waals surface area contributed by atoms with Crippen LogP contribution in [0.4, 0.5) is 5.95 Å². The molecule has 2 aromatic rings. The smallest absolute Gasteiger partial charge is 0.228 e. The Morgan fingerprint density at radius 2 is 2.09 bits per heavy atom. The van der Waals surface area contributed by atoms with Crippen molar-refractivity contribution >= 4 is 5.95 Å². The van der Waals surface area contributed by atoms with E-state index in [9.17, 15) is 0 Å². The van der Waals surface area contributed by atoms with Crippen LogP contribution < -0.4 is 9.64 Å². The maximum absolute atomic E-state index is 5.48. The summed E-state index contributed by atoms with van der Waals surface area (Å²) in [5.74, 6) is 1.43. The van der Waals surface area contributed by atoms with Crippen molar-refractivity contribution in [3.63, 3.8) is 0 Å². The molecule has 0 saturated carbocycles. The maximum atomic E-state index is 5.48. The van der Waals surface area contributed by atoms with Crippen LogP contribution in [0.25, 0.3) is 0 Å². The molecular formula is C17H25N5O. The van der Waals surface area contributed by atoms with Crippen LogP contribution in [-0.4, -0.2) is 52.2 Å². The van der Waals surface area contributed by atoms with Gasteiger partial charge in [0, 0.05) is 63.9 Å². The first-order chi connectivity index (χ1) is 11.3. The van der Waals surface area contributed by atoms with Crippen LogP contribution >= 0.6 is 0 Å². The van der Waals surface area contributed by atoms with E-state index in [0.717, 1.165) is 45.1 Å². The lowest BCUT2D eigenvalue weighted by Crippen LogP contribution is -2.31. The van der Waals surface area contributed by atoms with Gasteiger partial charge in [-0.05, 0) is 25.5 Å². The van der Waals surface area contributed by atoms with Crippen LogP contribution in [0.1, 0.15) is 19.0 Å². The summed E-state index contributed by atoms with van der Waals surface area (Å²) in [5.41, 5.74) is 1.35. The molecule has 3 rings (SSSR count). The Morgan fingerprint density at radius 3 is 2.87 bits per heavy atom. The van der Waals surface area contributed by atoms with Gasteiger partial charge < -0.3 is 14.2 Å². The first-order valence-electron chi connectivity index (χ1n) is 8.29. The minimum atomic E-state index is 0.626. The SMILES string of the molecule is CCOc1ccnc(N2CCCN(Cc3cccn3C)CC2)n1. The summed E-state index contributed by atoms with van der Waals surface area (Å²) in [6, 6.07) is 6.11. The van der Waals surface area contributed by atoms with Crippen LogP contribution in [0.5, 0.6) is 5.88 Å². The Bertz CT molecular complexity index is 627. The number of ether oxygens (including phenoxy) is 1. The molecule has 0 N–H and O–H groups in total. The van der Waals surface area contributed by atoms with E-state index in [1.165, 1.54) is 5.69 Å². The summed E-state index contributed by atoms with van der Waals surface area (Å²) < 4.78 is 7.67. The summed E-state index contributed by atoms with van der Waals surface area (Å²) in [7, 11) is 2.10. The minimum Gasteiger partial charge on any atom is -0.478 e. The van der Waals surface area contributed by atoms with Gasteiger partial charge in [-0.15, -0.1) is 0 Å². The van der Waals surface area contributed by atoms with Crippen molar-refractivity contribution in [3.05, 3.63) is 36.3 Å². The van der Waals surface area contributed by atoms with Gasteiger partial charge in [0.1, 0.15) is 0 Å². The Balaban J connectivity index is 1.62. The second kappa shape index (κ2) is 7.46. The first kappa shape index (κ1) is 15.8. The Morgan fingerprint density at radius 1 is 1.17 bits per heavy atom. The van der Waals surface area contributed by atoms with Crippen LogP contribution in [0, 0.1) is 0 Å². The summed E-state index contributed by atoms with van der Waals surface area (Å²) in [5, 5.41) is 0. The van der Waals surface area contributed by atoms with Gasteiger partial charge in [0.25, 0.3) is 0 Å². The quantitative estimate of drug-likeness (QED) is 0.844. The highest BCUT2D eigenvalue weighted by atomic mass is 16.5. The highest BCUT2D eigenvalue weighted by molar-refractivity contribution is 5.32. The predicted molar refractivity (Wildman–Crippen MR) is 90.7 cm³/mol. The lowest BCUT2D eigenvalue weighted by atomic mass is 10.3. The molecule has 1 aliphatic heterocycles. The number of rotatable bonds is 5. The zero-order valence-electron chi connectivity index (χ0n) is 14.0. The molecule has 0 bridgehead atoms. The molecule has 1 aliphatic rings. The van der Waals surface area contributed by atoms with E-state index in [-0.39, 0.29) is 0 Å². The van der Waals surface area contributed by atoms with Crippen LogP contribution in [0.2, 0.25) is 0 Å². The highest BCUT2D eigenvalue weighted by Crippen LogP contribution is 2.16. The van der Waals surface area contributed by atoms with E-state index in [2.05, 4.69) is 49.7 Å². The van der Waals surface area contributed by atoms with Gasteiger partial charge in [0.05, 0.1) is 6.61 Å². The van der Waals surface area contributed by atoms with Crippen molar-refractivity contribution in [2.45, 2.75) is 19.9 Å². The van der Waals surface area contributed by atoms with E-state index >= 15 is 0 Å².